The Morgan fingerprint density at radius 3 is 2.65 bits per heavy atom. The lowest BCUT2D eigenvalue weighted by Crippen LogP contribution is -2.21. The molecule has 17 heavy (non-hydrogen) atoms. The molecule has 1 atom stereocenters. The normalized spacial score (nSPS) is 11.8. The zero-order valence-electron chi connectivity index (χ0n) is 10.7. The summed E-state index contributed by atoms with van der Waals surface area (Å²) in [5.41, 5.74) is 1.37. The molecular weight excluding hydrogens is 210 g/mol. The first-order chi connectivity index (χ1) is 8.27. The number of hydrogen-bond donors (Lipinski definition) is 1. The van der Waals surface area contributed by atoms with Gasteiger partial charge in [-0.25, -0.2) is 0 Å². The quantitative estimate of drug-likeness (QED) is 0.575. The van der Waals surface area contributed by atoms with Crippen molar-refractivity contribution in [1.82, 2.24) is 5.32 Å². The molecule has 0 spiro atoms. The van der Waals surface area contributed by atoms with E-state index in [0.717, 1.165) is 18.7 Å². The largest absolute Gasteiger partial charge is 0.492 e. The van der Waals surface area contributed by atoms with Gasteiger partial charge in [0.15, 0.2) is 0 Å². The Labute approximate surface area is 104 Å². The third-order valence-electron chi connectivity index (χ3n) is 2.84. The lowest BCUT2D eigenvalue weighted by Gasteiger charge is -2.10. The van der Waals surface area contributed by atoms with Crippen molar-refractivity contribution in [2.75, 3.05) is 19.7 Å². The highest BCUT2D eigenvalue weighted by Gasteiger charge is 2.02. The van der Waals surface area contributed by atoms with E-state index in [1.165, 1.54) is 5.56 Å². The van der Waals surface area contributed by atoms with E-state index >= 15 is 0 Å². The standard InChI is InChI=1S/C15H21NO/c1-4-10-16-11-12-17-15-8-6-14(7-9-15)13(3)5-2/h1,6-9,13,16H,5,10-12H2,2-3H3. The predicted octanol–water partition coefficient (Wildman–Crippen LogP) is 2.80. The summed E-state index contributed by atoms with van der Waals surface area (Å²) < 4.78 is 5.59. The molecule has 0 radical (unpaired) electrons. The monoisotopic (exact) mass is 231 g/mol. The van der Waals surface area contributed by atoms with E-state index in [9.17, 15) is 0 Å². The van der Waals surface area contributed by atoms with Gasteiger partial charge in [-0.3, -0.25) is 0 Å². The van der Waals surface area contributed by atoms with Crippen molar-refractivity contribution >= 4 is 0 Å². The van der Waals surface area contributed by atoms with E-state index < -0.39 is 0 Å². The fourth-order valence-corrected chi connectivity index (χ4v) is 1.53. The number of hydrogen-bond acceptors (Lipinski definition) is 2. The Hall–Kier alpha value is -1.46. The molecule has 1 unspecified atom stereocenters. The minimum Gasteiger partial charge on any atom is -0.492 e. The van der Waals surface area contributed by atoms with Crippen LogP contribution in [0, 0.1) is 12.3 Å². The second-order valence-corrected chi connectivity index (χ2v) is 4.11. The van der Waals surface area contributed by atoms with Crippen LogP contribution in [-0.2, 0) is 0 Å². The third-order valence-corrected chi connectivity index (χ3v) is 2.84. The number of benzene rings is 1. The molecule has 0 bridgehead atoms. The SMILES string of the molecule is C#CCNCCOc1ccc(C(C)CC)cc1. The minimum absolute atomic E-state index is 0.594. The van der Waals surface area contributed by atoms with Crippen molar-refractivity contribution < 1.29 is 4.74 Å². The van der Waals surface area contributed by atoms with Crippen molar-refractivity contribution in [3.8, 4) is 18.1 Å². The molecule has 0 aliphatic rings. The lowest BCUT2D eigenvalue weighted by atomic mass is 9.99. The molecule has 0 aliphatic carbocycles. The van der Waals surface area contributed by atoms with Gasteiger partial charge in [0, 0.05) is 6.54 Å². The van der Waals surface area contributed by atoms with Gasteiger partial charge in [0.1, 0.15) is 12.4 Å². The van der Waals surface area contributed by atoms with Gasteiger partial charge in [0.25, 0.3) is 0 Å². The summed E-state index contributed by atoms with van der Waals surface area (Å²) in [5.74, 6) is 4.05. The zero-order chi connectivity index (χ0) is 12.5. The summed E-state index contributed by atoms with van der Waals surface area (Å²) in [6.45, 7) is 6.45. The molecule has 2 nitrogen and oxygen atoms in total. The van der Waals surface area contributed by atoms with E-state index in [4.69, 9.17) is 11.2 Å². The number of ether oxygens (including phenoxy) is 1. The van der Waals surface area contributed by atoms with Gasteiger partial charge in [-0.15, -0.1) is 6.42 Å². The predicted molar refractivity (Wildman–Crippen MR) is 72.3 cm³/mol. The average molecular weight is 231 g/mol. The van der Waals surface area contributed by atoms with Crippen LogP contribution in [0.3, 0.4) is 0 Å². The van der Waals surface area contributed by atoms with Crippen LogP contribution in [0.1, 0.15) is 31.7 Å². The molecule has 0 saturated carbocycles. The maximum Gasteiger partial charge on any atom is 0.119 e. The van der Waals surface area contributed by atoms with Crippen molar-refractivity contribution in [1.29, 1.82) is 0 Å². The second kappa shape index (κ2) is 7.76. The van der Waals surface area contributed by atoms with Gasteiger partial charge >= 0.3 is 0 Å². The number of terminal acetylenes is 1. The second-order valence-electron chi connectivity index (χ2n) is 4.11. The molecule has 1 N–H and O–H groups in total. The van der Waals surface area contributed by atoms with E-state index in [-0.39, 0.29) is 0 Å². The molecule has 1 aromatic carbocycles. The average Bonchev–Trinajstić information content (AvgIpc) is 2.38. The molecule has 0 heterocycles. The molecule has 1 rings (SSSR count). The van der Waals surface area contributed by atoms with Gasteiger partial charge < -0.3 is 10.1 Å². The highest BCUT2D eigenvalue weighted by atomic mass is 16.5. The Balaban J connectivity index is 2.33. The topological polar surface area (TPSA) is 21.3 Å². The summed E-state index contributed by atoms with van der Waals surface area (Å²) in [6.07, 6.45) is 6.29. The maximum atomic E-state index is 5.59. The molecular formula is C15H21NO. The van der Waals surface area contributed by atoms with Gasteiger partial charge in [-0.2, -0.15) is 0 Å². The molecule has 0 fully saturated rings. The summed E-state index contributed by atoms with van der Waals surface area (Å²) >= 11 is 0. The Bertz CT molecular complexity index is 350. The van der Waals surface area contributed by atoms with Crippen LogP contribution in [0.5, 0.6) is 5.75 Å². The Kier molecular flexibility index (Phi) is 6.21. The number of nitrogens with one attached hydrogen (secondary N) is 1. The smallest absolute Gasteiger partial charge is 0.119 e. The van der Waals surface area contributed by atoms with Gasteiger partial charge in [-0.1, -0.05) is 31.9 Å². The molecule has 0 aromatic heterocycles. The van der Waals surface area contributed by atoms with Crippen LogP contribution in [0.15, 0.2) is 24.3 Å². The first-order valence-corrected chi connectivity index (χ1v) is 6.14. The van der Waals surface area contributed by atoms with Crippen LogP contribution >= 0.6 is 0 Å². The highest BCUT2D eigenvalue weighted by Crippen LogP contribution is 2.21. The van der Waals surface area contributed by atoms with E-state index in [0.29, 0.717) is 19.1 Å². The Morgan fingerprint density at radius 1 is 1.35 bits per heavy atom. The van der Waals surface area contributed by atoms with Crippen LogP contribution in [0.25, 0.3) is 0 Å². The van der Waals surface area contributed by atoms with Crippen molar-refractivity contribution in [3.63, 3.8) is 0 Å². The van der Waals surface area contributed by atoms with Crippen molar-refractivity contribution in [2.24, 2.45) is 0 Å². The van der Waals surface area contributed by atoms with Crippen LogP contribution in [0.4, 0.5) is 0 Å². The molecule has 0 amide bonds. The first kappa shape index (κ1) is 13.6. The minimum atomic E-state index is 0.594. The lowest BCUT2D eigenvalue weighted by molar-refractivity contribution is 0.316. The first-order valence-electron chi connectivity index (χ1n) is 6.14. The van der Waals surface area contributed by atoms with E-state index in [1.807, 2.05) is 12.1 Å². The van der Waals surface area contributed by atoms with Crippen LogP contribution < -0.4 is 10.1 Å². The molecule has 0 aliphatic heterocycles. The molecule has 92 valence electrons. The molecule has 2 heteroatoms. The summed E-state index contributed by atoms with van der Waals surface area (Å²) in [5, 5.41) is 3.08. The third kappa shape index (κ3) is 4.93. The van der Waals surface area contributed by atoms with Crippen LogP contribution in [-0.4, -0.2) is 19.7 Å². The van der Waals surface area contributed by atoms with Gasteiger partial charge in [0.2, 0.25) is 0 Å². The van der Waals surface area contributed by atoms with E-state index in [2.05, 4.69) is 37.2 Å². The fraction of sp³-hybridized carbons (Fsp3) is 0.467. The van der Waals surface area contributed by atoms with Crippen molar-refractivity contribution in [2.45, 2.75) is 26.2 Å². The summed E-state index contributed by atoms with van der Waals surface area (Å²) in [4.78, 5) is 0. The van der Waals surface area contributed by atoms with Crippen LogP contribution in [0.2, 0.25) is 0 Å². The highest BCUT2D eigenvalue weighted by molar-refractivity contribution is 5.29. The van der Waals surface area contributed by atoms with E-state index in [1.54, 1.807) is 0 Å². The Morgan fingerprint density at radius 2 is 2.06 bits per heavy atom. The fourth-order valence-electron chi connectivity index (χ4n) is 1.53. The van der Waals surface area contributed by atoms with Gasteiger partial charge in [0.05, 0.1) is 6.54 Å². The zero-order valence-corrected chi connectivity index (χ0v) is 10.7. The maximum absolute atomic E-state index is 5.59. The van der Waals surface area contributed by atoms with Gasteiger partial charge in [-0.05, 0) is 30.0 Å². The van der Waals surface area contributed by atoms with Crippen molar-refractivity contribution in [3.05, 3.63) is 29.8 Å². The molecule has 1 aromatic rings. The number of rotatable bonds is 7. The summed E-state index contributed by atoms with van der Waals surface area (Å²) in [7, 11) is 0. The molecule has 0 saturated heterocycles. The summed E-state index contributed by atoms with van der Waals surface area (Å²) in [6, 6.07) is 8.34.